The Kier molecular flexibility index (Phi) is 3.84. The van der Waals surface area contributed by atoms with E-state index in [2.05, 4.69) is 0 Å². The molecule has 6 nitrogen and oxygen atoms in total. The first kappa shape index (κ1) is 14.4. The molecule has 0 aliphatic rings. The van der Waals surface area contributed by atoms with Crippen molar-refractivity contribution in [1.29, 1.82) is 0 Å². The number of hydrogen-bond acceptors (Lipinski definition) is 4. The van der Waals surface area contributed by atoms with Crippen LogP contribution in [0, 0.1) is 15.9 Å². The topological polar surface area (TPSA) is 83.7 Å². The number of carbonyl (C=O) groups is 1. The summed E-state index contributed by atoms with van der Waals surface area (Å²) in [6, 6.07) is 9.11. The number of rotatable bonds is 4. The van der Waals surface area contributed by atoms with Gasteiger partial charge in [-0.05, 0) is 18.2 Å². The van der Waals surface area contributed by atoms with Crippen molar-refractivity contribution in [2.75, 3.05) is 11.9 Å². The van der Waals surface area contributed by atoms with E-state index < -0.39 is 16.7 Å². The molecular weight excluding hydrogens is 279 g/mol. The summed E-state index contributed by atoms with van der Waals surface area (Å²) >= 11 is 0. The Hall–Kier alpha value is -2.96. The quantitative estimate of drug-likeness (QED) is 0.690. The molecule has 1 N–H and O–H groups in total. The van der Waals surface area contributed by atoms with E-state index in [9.17, 15) is 19.3 Å². The number of nitrogens with zero attached hydrogens (tertiary/aromatic N) is 2. The highest BCUT2D eigenvalue weighted by Gasteiger charge is 2.20. The minimum absolute atomic E-state index is 0.0433. The number of anilines is 2. The molecule has 108 valence electrons. The number of para-hydroxylation sites is 1. The van der Waals surface area contributed by atoms with Crippen molar-refractivity contribution in [2.24, 2.45) is 0 Å². The molecule has 2 aromatic rings. The lowest BCUT2D eigenvalue weighted by molar-refractivity contribution is -0.384. The van der Waals surface area contributed by atoms with Gasteiger partial charge in [-0.3, -0.25) is 10.1 Å². The van der Waals surface area contributed by atoms with Gasteiger partial charge in [0.05, 0.1) is 21.9 Å². The fourth-order valence-corrected chi connectivity index (χ4v) is 1.95. The molecule has 7 heteroatoms. The minimum atomic E-state index is -1.25. The van der Waals surface area contributed by atoms with Gasteiger partial charge < -0.3 is 10.0 Å². The lowest BCUT2D eigenvalue weighted by Crippen LogP contribution is -2.15. The number of carboxylic acids is 1. The maximum Gasteiger partial charge on any atom is 0.337 e. The van der Waals surface area contributed by atoms with Crippen molar-refractivity contribution < 1.29 is 19.2 Å². The summed E-state index contributed by atoms with van der Waals surface area (Å²) in [7, 11) is 1.45. The Morgan fingerprint density at radius 1 is 1.24 bits per heavy atom. The van der Waals surface area contributed by atoms with Crippen LogP contribution >= 0.6 is 0 Å². The second-order valence-corrected chi connectivity index (χ2v) is 4.27. The van der Waals surface area contributed by atoms with Gasteiger partial charge >= 0.3 is 5.97 Å². The smallest absolute Gasteiger partial charge is 0.337 e. The zero-order valence-corrected chi connectivity index (χ0v) is 11.0. The summed E-state index contributed by atoms with van der Waals surface area (Å²) in [5.74, 6) is -1.80. The van der Waals surface area contributed by atoms with Crippen LogP contribution in [-0.2, 0) is 0 Å². The van der Waals surface area contributed by atoms with Crippen molar-refractivity contribution in [3.8, 4) is 0 Å². The fourth-order valence-electron chi connectivity index (χ4n) is 1.95. The molecule has 0 heterocycles. The van der Waals surface area contributed by atoms with Crippen LogP contribution in [0.15, 0.2) is 42.5 Å². The van der Waals surface area contributed by atoms with E-state index in [1.54, 1.807) is 6.07 Å². The third kappa shape index (κ3) is 2.81. The molecule has 2 rings (SSSR count). The largest absolute Gasteiger partial charge is 0.478 e. The van der Waals surface area contributed by atoms with Crippen LogP contribution in [0.5, 0.6) is 0 Å². The summed E-state index contributed by atoms with van der Waals surface area (Å²) in [6.45, 7) is 0. The minimum Gasteiger partial charge on any atom is -0.478 e. The van der Waals surface area contributed by atoms with Gasteiger partial charge in [-0.25, -0.2) is 9.18 Å². The van der Waals surface area contributed by atoms with Crippen LogP contribution in [0.2, 0.25) is 0 Å². The normalized spacial score (nSPS) is 10.2. The van der Waals surface area contributed by atoms with Crippen molar-refractivity contribution in [2.45, 2.75) is 0 Å². The first-order valence-corrected chi connectivity index (χ1v) is 5.92. The second kappa shape index (κ2) is 5.58. The summed E-state index contributed by atoms with van der Waals surface area (Å²) in [5, 5.41) is 20.0. The third-order valence-electron chi connectivity index (χ3n) is 3.00. The summed E-state index contributed by atoms with van der Waals surface area (Å²) in [6.07, 6.45) is 0. The number of halogens is 1. The zero-order valence-electron chi connectivity index (χ0n) is 11.0. The SMILES string of the molecule is CN(c1ccccc1F)c1cc([N+](=O)[O-])ccc1C(=O)O. The van der Waals surface area contributed by atoms with E-state index in [0.29, 0.717) is 0 Å². The van der Waals surface area contributed by atoms with E-state index in [1.165, 1.54) is 30.1 Å². The molecule has 0 aliphatic carbocycles. The van der Waals surface area contributed by atoms with Gasteiger partial charge in [-0.2, -0.15) is 0 Å². The van der Waals surface area contributed by atoms with Crippen molar-refractivity contribution in [1.82, 2.24) is 0 Å². The Labute approximate surface area is 119 Å². The van der Waals surface area contributed by atoms with Crippen LogP contribution < -0.4 is 4.90 Å². The average Bonchev–Trinajstić information content (AvgIpc) is 2.46. The van der Waals surface area contributed by atoms with Gasteiger partial charge in [0.25, 0.3) is 5.69 Å². The van der Waals surface area contributed by atoms with E-state index >= 15 is 0 Å². The molecule has 0 saturated heterocycles. The van der Waals surface area contributed by atoms with Gasteiger partial charge in [0.15, 0.2) is 0 Å². The molecular formula is C14H11FN2O4. The highest BCUT2D eigenvalue weighted by Crippen LogP contribution is 2.31. The maximum absolute atomic E-state index is 13.8. The summed E-state index contributed by atoms with van der Waals surface area (Å²) in [4.78, 5) is 22.7. The molecule has 0 aliphatic heterocycles. The summed E-state index contributed by atoms with van der Waals surface area (Å²) < 4.78 is 13.8. The molecule has 0 atom stereocenters. The molecule has 0 radical (unpaired) electrons. The first-order chi connectivity index (χ1) is 9.91. The zero-order chi connectivity index (χ0) is 15.6. The molecule has 0 bridgehead atoms. The highest BCUT2D eigenvalue weighted by molar-refractivity contribution is 5.96. The van der Waals surface area contributed by atoms with E-state index in [-0.39, 0.29) is 22.6 Å². The average molecular weight is 290 g/mol. The number of aromatic carboxylic acids is 1. The van der Waals surface area contributed by atoms with Crippen LogP contribution in [0.25, 0.3) is 0 Å². The predicted octanol–water partition coefficient (Wildman–Crippen LogP) is 3.20. The molecule has 0 saturated carbocycles. The maximum atomic E-state index is 13.8. The van der Waals surface area contributed by atoms with Gasteiger partial charge in [-0.1, -0.05) is 12.1 Å². The molecule has 0 amide bonds. The lowest BCUT2D eigenvalue weighted by atomic mass is 10.1. The van der Waals surface area contributed by atoms with Crippen molar-refractivity contribution in [3.05, 3.63) is 64.0 Å². The van der Waals surface area contributed by atoms with Gasteiger partial charge in [0.2, 0.25) is 0 Å². The van der Waals surface area contributed by atoms with Gasteiger partial charge in [0, 0.05) is 19.2 Å². The van der Waals surface area contributed by atoms with E-state index in [0.717, 1.165) is 18.2 Å². The fraction of sp³-hybridized carbons (Fsp3) is 0.0714. The number of benzene rings is 2. The summed E-state index contributed by atoms with van der Waals surface area (Å²) in [5.41, 5.74) is -0.244. The highest BCUT2D eigenvalue weighted by atomic mass is 19.1. The predicted molar refractivity (Wildman–Crippen MR) is 74.5 cm³/mol. The second-order valence-electron chi connectivity index (χ2n) is 4.27. The standard InChI is InChI=1S/C14H11FN2O4/c1-16(12-5-3-2-4-11(12)15)13-8-9(17(20)21)6-7-10(13)14(18)19/h2-8H,1H3,(H,18,19). The Bertz CT molecular complexity index is 718. The molecule has 0 spiro atoms. The Morgan fingerprint density at radius 3 is 2.48 bits per heavy atom. The third-order valence-corrected chi connectivity index (χ3v) is 3.00. The monoisotopic (exact) mass is 290 g/mol. The number of non-ortho nitro benzene ring substituents is 1. The number of nitro benzene ring substituents is 1. The van der Waals surface area contributed by atoms with Gasteiger partial charge in [-0.15, -0.1) is 0 Å². The van der Waals surface area contributed by atoms with Crippen LogP contribution in [-0.4, -0.2) is 23.0 Å². The van der Waals surface area contributed by atoms with Crippen molar-refractivity contribution >= 4 is 23.0 Å². The number of carboxylic acid groups (broad SMARTS) is 1. The van der Waals surface area contributed by atoms with E-state index in [4.69, 9.17) is 5.11 Å². The first-order valence-electron chi connectivity index (χ1n) is 5.92. The molecule has 2 aromatic carbocycles. The van der Waals surface area contributed by atoms with Crippen LogP contribution in [0.3, 0.4) is 0 Å². The molecule has 0 unspecified atom stereocenters. The van der Waals surface area contributed by atoms with Crippen LogP contribution in [0.1, 0.15) is 10.4 Å². The van der Waals surface area contributed by atoms with Gasteiger partial charge in [0.1, 0.15) is 5.82 Å². The Morgan fingerprint density at radius 2 is 1.90 bits per heavy atom. The molecule has 21 heavy (non-hydrogen) atoms. The lowest BCUT2D eigenvalue weighted by Gasteiger charge is -2.21. The molecule has 0 aromatic heterocycles. The Balaban J connectivity index is 2.60. The van der Waals surface area contributed by atoms with Crippen LogP contribution in [0.4, 0.5) is 21.5 Å². The molecule has 0 fully saturated rings. The van der Waals surface area contributed by atoms with Crippen molar-refractivity contribution in [3.63, 3.8) is 0 Å². The number of nitro groups is 1. The number of hydrogen-bond donors (Lipinski definition) is 1. The van der Waals surface area contributed by atoms with E-state index in [1.807, 2.05) is 0 Å².